The maximum absolute atomic E-state index is 11.9. The van der Waals surface area contributed by atoms with Crippen LogP contribution < -0.4 is 5.32 Å². The average Bonchev–Trinajstić information content (AvgIpc) is 2.40. The van der Waals surface area contributed by atoms with E-state index in [0.29, 0.717) is 13.0 Å². The number of carbonyl (C=O) groups excluding carboxylic acids is 1. The molecule has 0 saturated heterocycles. The Morgan fingerprint density at radius 2 is 2.16 bits per heavy atom. The van der Waals surface area contributed by atoms with Gasteiger partial charge in [0.1, 0.15) is 0 Å². The van der Waals surface area contributed by atoms with Gasteiger partial charge >= 0.3 is 0 Å². The lowest BCUT2D eigenvalue weighted by molar-refractivity contribution is -0.129. The number of nitrogens with one attached hydrogen (secondary N) is 1. The van der Waals surface area contributed by atoms with Crippen LogP contribution in [0.3, 0.4) is 0 Å². The topological polar surface area (TPSA) is 32.3 Å². The van der Waals surface area contributed by atoms with Crippen molar-refractivity contribution in [3.8, 4) is 0 Å². The smallest absolute Gasteiger partial charge is 0.224 e. The van der Waals surface area contributed by atoms with Crippen LogP contribution in [0.2, 0.25) is 5.02 Å². The van der Waals surface area contributed by atoms with E-state index in [1.807, 2.05) is 32.2 Å². The normalized spacial score (nSPS) is 10.3. The lowest BCUT2D eigenvalue weighted by atomic mass is 10.2. The average molecular weight is 283 g/mol. The standard InChI is InChI=1S/C15H23ClN2O/c1-4-5-11-18(3)15(19)9-10-17-14-8-6-7-13(16)12(14)2/h6-8,17H,4-5,9-11H2,1-3H3. The predicted molar refractivity (Wildman–Crippen MR) is 81.8 cm³/mol. The molecule has 0 aliphatic rings. The first-order valence-corrected chi connectivity index (χ1v) is 7.17. The van der Waals surface area contributed by atoms with E-state index in [4.69, 9.17) is 11.6 Å². The zero-order chi connectivity index (χ0) is 14.3. The molecule has 1 aromatic rings. The number of unbranched alkanes of at least 4 members (excludes halogenated alkanes) is 1. The molecule has 0 heterocycles. The van der Waals surface area contributed by atoms with Gasteiger partial charge in [0.15, 0.2) is 0 Å². The summed E-state index contributed by atoms with van der Waals surface area (Å²) in [5.41, 5.74) is 2.02. The SMILES string of the molecule is CCCCN(C)C(=O)CCNc1cccc(Cl)c1C. The molecule has 0 atom stereocenters. The Morgan fingerprint density at radius 1 is 1.42 bits per heavy atom. The molecule has 3 nitrogen and oxygen atoms in total. The Balaban J connectivity index is 2.37. The minimum absolute atomic E-state index is 0.181. The van der Waals surface area contributed by atoms with E-state index in [9.17, 15) is 4.79 Å². The fourth-order valence-electron chi connectivity index (χ4n) is 1.81. The van der Waals surface area contributed by atoms with Crippen LogP contribution in [0.4, 0.5) is 5.69 Å². The van der Waals surface area contributed by atoms with E-state index < -0.39 is 0 Å². The van der Waals surface area contributed by atoms with E-state index in [-0.39, 0.29) is 5.91 Å². The van der Waals surface area contributed by atoms with Crippen molar-refractivity contribution in [3.63, 3.8) is 0 Å². The summed E-state index contributed by atoms with van der Waals surface area (Å²) in [7, 11) is 1.86. The molecular weight excluding hydrogens is 260 g/mol. The molecule has 4 heteroatoms. The summed E-state index contributed by atoms with van der Waals surface area (Å²) in [5.74, 6) is 0.181. The van der Waals surface area contributed by atoms with Crippen LogP contribution >= 0.6 is 11.6 Å². The Kier molecular flexibility index (Phi) is 6.71. The molecule has 0 spiro atoms. The van der Waals surface area contributed by atoms with E-state index in [1.54, 1.807) is 4.90 Å². The summed E-state index contributed by atoms with van der Waals surface area (Å²) in [4.78, 5) is 13.7. The number of carbonyl (C=O) groups is 1. The zero-order valence-corrected chi connectivity index (χ0v) is 12.8. The first-order chi connectivity index (χ1) is 9.06. The second kappa shape index (κ2) is 8.05. The molecule has 1 N–H and O–H groups in total. The van der Waals surface area contributed by atoms with Crippen molar-refractivity contribution in [1.29, 1.82) is 0 Å². The highest BCUT2D eigenvalue weighted by Crippen LogP contribution is 2.22. The van der Waals surface area contributed by atoms with Gasteiger partial charge in [0.25, 0.3) is 0 Å². The van der Waals surface area contributed by atoms with Crippen molar-refractivity contribution < 1.29 is 4.79 Å². The van der Waals surface area contributed by atoms with Crippen LogP contribution in [0.1, 0.15) is 31.7 Å². The quantitative estimate of drug-likeness (QED) is 0.827. The molecule has 0 bridgehead atoms. The van der Waals surface area contributed by atoms with Gasteiger partial charge < -0.3 is 10.2 Å². The zero-order valence-electron chi connectivity index (χ0n) is 12.0. The maximum atomic E-state index is 11.9. The third kappa shape index (κ3) is 5.11. The minimum atomic E-state index is 0.181. The molecule has 1 aromatic carbocycles. The van der Waals surface area contributed by atoms with Gasteiger partial charge in [-0.3, -0.25) is 4.79 Å². The Bertz CT molecular complexity index is 421. The molecule has 0 radical (unpaired) electrons. The Morgan fingerprint density at radius 3 is 2.84 bits per heavy atom. The van der Waals surface area contributed by atoms with Crippen LogP contribution in [0.25, 0.3) is 0 Å². The number of nitrogens with zero attached hydrogens (tertiary/aromatic N) is 1. The molecule has 0 aromatic heterocycles. The number of hydrogen-bond acceptors (Lipinski definition) is 2. The van der Waals surface area contributed by atoms with Crippen molar-refractivity contribution >= 4 is 23.2 Å². The number of hydrogen-bond donors (Lipinski definition) is 1. The minimum Gasteiger partial charge on any atom is -0.384 e. The number of benzene rings is 1. The van der Waals surface area contributed by atoms with Crippen LogP contribution in [0.5, 0.6) is 0 Å². The monoisotopic (exact) mass is 282 g/mol. The summed E-state index contributed by atoms with van der Waals surface area (Å²) in [5, 5.41) is 4.01. The predicted octanol–water partition coefficient (Wildman–Crippen LogP) is 3.71. The fourth-order valence-corrected chi connectivity index (χ4v) is 1.99. The van der Waals surface area contributed by atoms with Crippen LogP contribution in [-0.4, -0.2) is 30.9 Å². The first-order valence-electron chi connectivity index (χ1n) is 6.79. The van der Waals surface area contributed by atoms with E-state index >= 15 is 0 Å². The van der Waals surface area contributed by atoms with Gasteiger partial charge in [-0.2, -0.15) is 0 Å². The molecule has 0 fully saturated rings. The van der Waals surface area contributed by atoms with Crippen molar-refractivity contribution in [2.45, 2.75) is 33.1 Å². The summed E-state index contributed by atoms with van der Waals surface area (Å²) < 4.78 is 0. The van der Waals surface area contributed by atoms with Crippen LogP contribution in [-0.2, 0) is 4.79 Å². The van der Waals surface area contributed by atoms with Gasteiger partial charge in [-0.1, -0.05) is 31.0 Å². The second-order valence-electron chi connectivity index (χ2n) is 4.76. The highest BCUT2D eigenvalue weighted by atomic mass is 35.5. The summed E-state index contributed by atoms with van der Waals surface area (Å²) >= 11 is 6.05. The van der Waals surface area contributed by atoms with Crippen LogP contribution in [0.15, 0.2) is 18.2 Å². The highest BCUT2D eigenvalue weighted by Gasteiger charge is 2.08. The van der Waals surface area contributed by atoms with Gasteiger partial charge in [-0.15, -0.1) is 0 Å². The van der Waals surface area contributed by atoms with Crippen molar-refractivity contribution in [1.82, 2.24) is 4.90 Å². The third-order valence-corrected chi connectivity index (χ3v) is 3.60. The summed E-state index contributed by atoms with van der Waals surface area (Å²) in [6, 6.07) is 5.76. The third-order valence-electron chi connectivity index (χ3n) is 3.19. The van der Waals surface area contributed by atoms with Gasteiger partial charge in [0, 0.05) is 37.3 Å². The number of anilines is 1. The van der Waals surface area contributed by atoms with Gasteiger partial charge in [-0.25, -0.2) is 0 Å². The largest absolute Gasteiger partial charge is 0.384 e. The molecule has 0 unspecified atom stereocenters. The maximum Gasteiger partial charge on any atom is 0.224 e. The van der Waals surface area contributed by atoms with Gasteiger partial charge in [-0.05, 0) is 31.0 Å². The lowest BCUT2D eigenvalue weighted by Gasteiger charge is -2.17. The second-order valence-corrected chi connectivity index (χ2v) is 5.17. The molecule has 1 amide bonds. The number of amides is 1. The number of rotatable bonds is 7. The molecule has 0 aliphatic heterocycles. The van der Waals surface area contributed by atoms with Gasteiger partial charge in [0.2, 0.25) is 5.91 Å². The Labute approximate surface area is 120 Å². The van der Waals surface area contributed by atoms with Crippen molar-refractivity contribution in [3.05, 3.63) is 28.8 Å². The molecule has 0 aliphatic carbocycles. The van der Waals surface area contributed by atoms with Crippen molar-refractivity contribution in [2.24, 2.45) is 0 Å². The van der Waals surface area contributed by atoms with E-state index in [2.05, 4.69) is 12.2 Å². The summed E-state index contributed by atoms with van der Waals surface area (Å²) in [6.45, 7) is 5.57. The van der Waals surface area contributed by atoms with Crippen molar-refractivity contribution in [2.75, 3.05) is 25.5 Å². The number of halogens is 1. The van der Waals surface area contributed by atoms with Gasteiger partial charge in [0.05, 0.1) is 0 Å². The highest BCUT2D eigenvalue weighted by molar-refractivity contribution is 6.31. The fraction of sp³-hybridized carbons (Fsp3) is 0.533. The summed E-state index contributed by atoms with van der Waals surface area (Å²) in [6.07, 6.45) is 2.67. The molecule has 106 valence electrons. The van der Waals surface area contributed by atoms with Crippen LogP contribution in [0, 0.1) is 6.92 Å². The lowest BCUT2D eigenvalue weighted by Crippen LogP contribution is -2.29. The van der Waals surface area contributed by atoms with E-state index in [1.165, 1.54) is 0 Å². The molecular formula is C15H23ClN2O. The van der Waals surface area contributed by atoms with E-state index in [0.717, 1.165) is 35.7 Å². The molecule has 0 saturated carbocycles. The molecule has 1 rings (SSSR count). The first kappa shape index (κ1) is 15.8. The Hall–Kier alpha value is -1.22. The molecule has 19 heavy (non-hydrogen) atoms.